The molecule has 8 heteroatoms. The van der Waals surface area contributed by atoms with Gasteiger partial charge in [0, 0.05) is 40.8 Å². The van der Waals surface area contributed by atoms with Crippen LogP contribution in [0.4, 0.5) is 24.7 Å². The van der Waals surface area contributed by atoms with Crippen LogP contribution in [0.3, 0.4) is 0 Å². The van der Waals surface area contributed by atoms with Gasteiger partial charge in [-0.15, -0.1) is 0 Å². The number of alkyl halides is 3. The van der Waals surface area contributed by atoms with E-state index in [0.29, 0.717) is 17.2 Å². The van der Waals surface area contributed by atoms with Gasteiger partial charge in [0.25, 0.3) is 0 Å². The number of rotatable bonds is 4. The van der Waals surface area contributed by atoms with Crippen molar-refractivity contribution in [2.24, 2.45) is 0 Å². The van der Waals surface area contributed by atoms with E-state index in [0.717, 1.165) is 22.5 Å². The Hall–Kier alpha value is -3.55. The van der Waals surface area contributed by atoms with Gasteiger partial charge in [-0.25, -0.2) is 4.98 Å². The van der Waals surface area contributed by atoms with Crippen LogP contribution in [-0.2, 0) is 24.7 Å². The van der Waals surface area contributed by atoms with Crippen molar-refractivity contribution in [2.45, 2.75) is 6.18 Å². The summed E-state index contributed by atoms with van der Waals surface area (Å²) in [6.45, 7) is 0. The Bertz CT molecular complexity index is 1400. The molecule has 0 saturated carbocycles. The van der Waals surface area contributed by atoms with Crippen LogP contribution in [0.25, 0.3) is 33.4 Å². The van der Waals surface area contributed by atoms with E-state index in [1.807, 2.05) is 54.6 Å². The summed E-state index contributed by atoms with van der Waals surface area (Å²) in [5.41, 5.74) is 2.32. The molecule has 2 heterocycles. The molecule has 0 aliphatic carbocycles. The molecule has 0 fully saturated rings. The topological polar surface area (TPSA) is 53.6 Å². The van der Waals surface area contributed by atoms with E-state index in [1.54, 1.807) is 18.2 Å². The maximum absolute atomic E-state index is 13.7. The fourth-order valence-corrected chi connectivity index (χ4v) is 3.65. The fraction of sp³-hybridized carbons (Fsp3) is 0.0400. The van der Waals surface area contributed by atoms with Gasteiger partial charge in [-0.05, 0) is 30.3 Å². The summed E-state index contributed by atoms with van der Waals surface area (Å²) < 4.78 is 41.0. The average molecular weight is 481 g/mol. The van der Waals surface area contributed by atoms with Crippen molar-refractivity contribution in [3.63, 3.8) is 0 Å². The van der Waals surface area contributed by atoms with Crippen molar-refractivity contribution >= 4 is 22.4 Å². The number of nitrogens with one attached hydrogen (secondary N) is 2. The molecule has 3 aromatic carbocycles. The van der Waals surface area contributed by atoms with Gasteiger partial charge in [0.05, 0.1) is 22.5 Å². The predicted molar refractivity (Wildman–Crippen MR) is 119 cm³/mol. The van der Waals surface area contributed by atoms with Crippen LogP contribution < -0.4 is 5.32 Å². The number of anilines is 2. The summed E-state index contributed by atoms with van der Waals surface area (Å²) in [6.07, 6.45) is -4.49. The van der Waals surface area contributed by atoms with Gasteiger partial charge in [0.2, 0.25) is 0 Å². The minimum atomic E-state index is -4.49. The van der Waals surface area contributed by atoms with E-state index in [4.69, 9.17) is 0 Å². The van der Waals surface area contributed by atoms with Gasteiger partial charge in [-0.3, -0.25) is 5.10 Å². The van der Waals surface area contributed by atoms with Gasteiger partial charge >= 0.3 is 6.18 Å². The van der Waals surface area contributed by atoms with Crippen molar-refractivity contribution in [1.29, 1.82) is 0 Å². The minimum absolute atomic E-state index is 0. The minimum Gasteiger partial charge on any atom is -0.338 e. The van der Waals surface area contributed by atoms with E-state index in [-0.39, 0.29) is 29.8 Å². The molecule has 0 saturated heterocycles. The SMILES string of the molecule is FC(F)(F)c1ccccc1-c1cc(Nc2n[nH]c3ccccc23)cc(-c2ccccc2)n1.[V]. The normalized spacial score (nSPS) is 11.2. The molecule has 5 aromatic rings. The Morgan fingerprint density at radius 3 is 2.21 bits per heavy atom. The number of hydrogen-bond donors (Lipinski definition) is 2. The third-order valence-corrected chi connectivity index (χ3v) is 5.14. The van der Waals surface area contributed by atoms with Gasteiger partial charge in [-0.2, -0.15) is 18.3 Å². The number of aromatic amines is 1. The second-order valence-electron chi connectivity index (χ2n) is 7.28. The molecule has 0 aliphatic heterocycles. The number of nitrogens with zero attached hydrogens (tertiary/aromatic N) is 2. The Morgan fingerprint density at radius 1 is 0.758 bits per heavy atom. The molecule has 2 N–H and O–H groups in total. The monoisotopic (exact) mass is 481 g/mol. The molecule has 0 amide bonds. The molecule has 1 radical (unpaired) electrons. The molecule has 0 aliphatic rings. The molecule has 5 rings (SSSR count). The molecular weight excluding hydrogens is 464 g/mol. The van der Waals surface area contributed by atoms with Gasteiger partial charge in [-0.1, -0.05) is 60.7 Å². The van der Waals surface area contributed by atoms with Crippen LogP contribution in [0.1, 0.15) is 5.56 Å². The second kappa shape index (κ2) is 9.13. The number of pyridine rings is 1. The number of aromatic nitrogens is 3. The van der Waals surface area contributed by atoms with Crippen LogP contribution >= 0.6 is 0 Å². The van der Waals surface area contributed by atoms with Crippen molar-refractivity contribution in [2.75, 3.05) is 5.32 Å². The number of halogens is 3. The van der Waals surface area contributed by atoms with Crippen molar-refractivity contribution < 1.29 is 31.7 Å². The van der Waals surface area contributed by atoms with Crippen molar-refractivity contribution in [1.82, 2.24) is 15.2 Å². The van der Waals surface area contributed by atoms with E-state index in [2.05, 4.69) is 20.5 Å². The predicted octanol–water partition coefficient (Wildman–Crippen LogP) is 7.05. The van der Waals surface area contributed by atoms with E-state index in [9.17, 15) is 13.2 Å². The Labute approximate surface area is 199 Å². The van der Waals surface area contributed by atoms with Crippen LogP contribution in [0.5, 0.6) is 0 Å². The number of benzene rings is 3. The summed E-state index contributed by atoms with van der Waals surface area (Å²) in [5, 5.41) is 11.4. The standard InChI is InChI=1S/C25H17F3N4.V/c26-25(27,28)20-12-6-4-10-18(20)23-15-17(14-22(30-23)16-8-2-1-3-9-16)29-24-19-11-5-7-13-21(19)31-32-24;/h1-15H,(H2,29,30,31,32);. The average Bonchev–Trinajstić information content (AvgIpc) is 3.22. The summed E-state index contributed by atoms with van der Waals surface area (Å²) >= 11 is 0. The zero-order valence-electron chi connectivity index (χ0n) is 17.1. The first-order chi connectivity index (χ1) is 15.5. The maximum atomic E-state index is 13.7. The maximum Gasteiger partial charge on any atom is 0.417 e. The summed E-state index contributed by atoms with van der Waals surface area (Å²) in [7, 11) is 0. The van der Waals surface area contributed by atoms with Crippen molar-refractivity contribution in [3.05, 3.63) is 96.6 Å². The first kappa shape index (κ1) is 22.6. The summed E-state index contributed by atoms with van der Waals surface area (Å²) in [6, 6.07) is 25.8. The molecule has 33 heavy (non-hydrogen) atoms. The van der Waals surface area contributed by atoms with Crippen LogP contribution in [0, 0.1) is 0 Å². The number of para-hydroxylation sites is 1. The summed E-state index contributed by atoms with van der Waals surface area (Å²) in [4.78, 5) is 4.57. The van der Waals surface area contributed by atoms with Crippen LogP contribution in [-0.4, -0.2) is 15.2 Å². The molecule has 0 spiro atoms. The fourth-order valence-electron chi connectivity index (χ4n) is 3.65. The number of fused-ring (bicyclic) bond motifs is 1. The number of hydrogen-bond acceptors (Lipinski definition) is 3. The Kier molecular flexibility index (Phi) is 6.27. The third kappa shape index (κ3) is 4.65. The first-order valence-corrected chi connectivity index (χ1v) is 9.93. The zero-order chi connectivity index (χ0) is 22.1. The smallest absolute Gasteiger partial charge is 0.338 e. The Morgan fingerprint density at radius 2 is 1.42 bits per heavy atom. The van der Waals surface area contributed by atoms with Crippen LogP contribution in [0.2, 0.25) is 0 Å². The van der Waals surface area contributed by atoms with E-state index < -0.39 is 11.7 Å². The first-order valence-electron chi connectivity index (χ1n) is 9.93. The molecule has 163 valence electrons. The molecule has 0 bridgehead atoms. The third-order valence-electron chi connectivity index (χ3n) is 5.14. The molecular formula is C25H17F3N4V. The second-order valence-corrected chi connectivity index (χ2v) is 7.28. The van der Waals surface area contributed by atoms with Gasteiger partial charge in [0.15, 0.2) is 5.82 Å². The van der Waals surface area contributed by atoms with Crippen LogP contribution in [0.15, 0.2) is 91.0 Å². The number of H-pyrrole nitrogens is 1. The van der Waals surface area contributed by atoms with Gasteiger partial charge in [0.1, 0.15) is 0 Å². The molecule has 0 atom stereocenters. The van der Waals surface area contributed by atoms with E-state index in [1.165, 1.54) is 12.1 Å². The molecule has 2 aromatic heterocycles. The Balaban J connectivity index is 0.00000259. The largest absolute Gasteiger partial charge is 0.417 e. The van der Waals surface area contributed by atoms with Gasteiger partial charge < -0.3 is 5.32 Å². The summed E-state index contributed by atoms with van der Waals surface area (Å²) in [5.74, 6) is 0.584. The molecule has 4 nitrogen and oxygen atoms in total. The van der Waals surface area contributed by atoms with E-state index >= 15 is 0 Å². The molecule has 0 unspecified atom stereocenters. The quantitative estimate of drug-likeness (QED) is 0.289. The van der Waals surface area contributed by atoms with Crippen molar-refractivity contribution in [3.8, 4) is 22.5 Å². The zero-order valence-corrected chi connectivity index (χ0v) is 18.5.